The number of aryl methyl sites for hydroxylation is 1. The lowest BCUT2D eigenvalue weighted by molar-refractivity contribution is -0.172. The van der Waals surface area contributed by atoms with Crippen LogP contribution < -0.4 is 37.3 Å². The quantitative estimate of drug-likeness (QED) is 0.0195. The lowest BCUT2D eigenvalue weighted by Gasteiger charge is -2.31. The fourth-order valence-electron chi connectivity index (χ4n) is 9.26. The Balaban J connectivity index is 0.982. The number of Topliss-reactive ketones (excluding diaryl/α,β-unsaturated/α-hetero) is 1. The summed E-state index contributed by atoms with van der Waals surface area (Å²) in [5, 5.41) is 22.9. The minimum atomic E-state index is -1.95. The van der Waals surface area contributed by atoms with Gasteiger partial charge in [0, 0.05) is 85.2 Å². The molecule has 6 rings (SSSR count). The van der Waals surface area contributed by atoms with E-state index in [4.69, 9.17) is 24.9 Å². The molecule has 0 fully saturated rings. The lowest BCUT2D eigenvalue weighted by atomic mass is 9.86. The highest BCUT2D eigenvalue weighted by Crippen LogP contribution is 2.42. The minimum absolute atomic E-state index is 0.0274. The summed E-state index contributed by atoms with van der Waals surface area (Å²) >= 11 is 0. The second-order valence-electron chi connectivity index (χ2n) is 21.5. The molecule has 2 aromatic carbocycles. The summed E-state index contributed by atoms with van der Waals surface area (Å²) in [4.78, 5) is 124. The van der Waals surface area contributed by atoms with Gasteiger partial charge in [-0.3, -0.25) is 24.0 Å². The van der Waals surface area contributed by atoms with Crippen LogP contribution in [0.3, 0.4) is 0 Å². The number of nitrogens with zero attached hydrogens (tertiary/aromatic N) is 4. The number of anilines is 1. The number of cyclic esters (lactones) is 1. The number of nitrogens with two attached hydrogens (primary N) is 1. The first kappa shape index (κ1) is 63.0. The number of pyridine rings is 2. The Morgan fingerprint density at radius 3 is 2.26 bits per heavy atom. The Labute approximate surface area is 479 Å². The number of hydrogen-bond acceptors (Lipinski definition) is 16. The number of nitrogens with one attached hydrogen (secondary N) is 4. The summed E-state index contributed by atoms with van der Waals surface area (Å²) in [5.74, 6) is -1.73. The van der Waals surface area contributed by atoms with E-state index in [-0.39, 0.29) is 109 Å². The molecule has 0 spiro atoms. The van der Waals surface area contributed by atoms with Crippen LogP contribution in [0.5, 0.6) is 5.75 Å². The molecule has 0 saturated carbocycles. The van der Waals surface area contributed by atoms with Crippen molar-refractivity contribution in [3.05, 3.63) is 86.7 Å². The largest absolute Gasteiger partial charge is 0.458 e. The van der Waals surface area contributed by atoms with Crippen LogP contribution in [0.15, 0.2) is 53.3 Å². The predicted octanol–water partition coefficient (Wildman–Crippen LogP) is 6.52. The van der Waals surface area contributed by atoms with Gasteiger partial charge in [-0.2, -0.15) is 0 Å². The second-order valence-corrected chi connectivity index (χ2v) is 24.6. The molecule has 438 valence electrons. The maximum atomic E-state index is 13.7. The maximum absolute atomic E-state index is 13.7. The van der Waals surface area contributed by atoms with E-state index in [1.165, 1.54) is 34.7 Å². The van der Waals surface area contributed by atoms with Crippen molar-refractivity contribution in [2.75, 3.05) is 44.8 Å². The van der Waals surface area contributed by atoms with E-state index in [1.54, 1.807) is 84.7 Å². The van der Waals surface area contributed by atoms with Crippen molar-refractivity contribution < 1.29 is 57.7 Å². The smallest absolute Gasteiger partial charge is 0.415 e. The van der Waals surface area contributed by atoms with Crippen LogP contribution in [0, 0.1) is 11.8 Å². The summed E-state index contributed by atoms with van der Waals surface area (Å²) in [7, 11) is 6.09. The van der Waals surface area contributed by atoms with Gasteiger partial charge in [-0.05, 0) is 93.0 Å². The number of ether oxygens (including phenoxy) is 3. The molecule has 24 heteroatoms. The Morgan fingerprint density at radius 2 is 1.62 bits per heavy atom. The van der Waals surface area contributed by atoms with Gasteiger partial charge in [0.1, 0.15) is 36.8 Å². The Bertz CT molecular complexity index is 3090. The second kappa shape index (κ2) is 27.5. The van der Waals surface area contributed by atoms with Crippen LogP contribution in [-0.2, 0) is 65.2 Å². The summed E-state index contributed by atoms with van der Waals surface area (Å²) in [6.45, 7) is 15.1. The summed E-state index contributed by atoms with van der Waals surface area (Å²) in [5.41, 5.74) is 7.73. The lowest BCUT2D eigenvalue weighted by Crippen LogP contribution is -2.54. The van der Waals surface area contributed by atoms with Crippen LogP contribution in [0.2, 0.25) is 0 Å². The third-order valence-corrected chi connectivity index (χ3v) is 17.4. The number of hydrogen-bond donors (Lipinski definition) is 6. The Hall–Kier alpha value is -7.18. The molecule has 0 bridgehead atoms. The van der Waals surface area contributed by atoms with Crippen molar-refractivity contribution in [1.29, 1.82) is 0 Å². The van der Waals surface area contributed by atoms with Gasteiger partial charge in [0.25, 0.3) is 5.56 Å². The van der Waals surface area contributed by atoms with Crippen LogP contribution >= 0.6 is 21.6 Å². The molecule has 81 heavy (non-hydrogen) atoms. The number of amides is 7. The first-order valence-electron chi connectivity index (χ1n) is 27.1. The predicted molar refractivity (Wildman–Crippen MR) is 309 cm³/mol. The molecule has 0 unspecified atom stereocenters. The summed E-state index contributed by atoms with van der Waals surface area (Å²) in [6, 6.07) is 10.5. The van der Waals surface area contributed by atoms with Gasteiger partial charge in [0.05, 0.1) is 29.0 Å². The van der Waals surface area contributed by atoms with E-state index in [0.717, 1.165) is 16.5 Å². The molecule has 4 heterocycles. The molecule has 2 aliphatic heterocycles. The van der Waals surface area contributed by atoms with Crippen LogP contribution in [-0.4, -0.2) is 128 Å². The zero-order chi connectivity index (χ0) is 59.5. The molecule has 0 aliphatic carbocycles. The zero-order valence-electron chi connectivity index (χ0n) is 47.6. The number of likely N-dealkylation sites (N-methyl/N-ethyl adjacent to an activating group) is 2. The van der Waals surface area contributed by atoms with Gasteiger partial charge >= 0.3 is 24.2 Å². The van der Waals surface area contributed by atoms with Crippen molar-refractivity contribution in [2.24, 2.45) is 17.6 Å². The van der Waals surface area contributed by atoms with E-state index in [0.29, 0.717) is 53.2 Å². The van der Waals surface area contributed by atoms with Crippen molar-refractivity contribution in [1.82, 2.24) is 35.3 Å². The van der Waals surface area contributed by atoms with Gasteiger partial charge in [0.2, 0.25) is 17.7 Å². The van der Waals surface area contributed by atoms with Crippen LogP contribution in [0.25, 0.3) is 22.3 Å². The number of carbonyl (C=O) groups is 8. The van der Waals surface area contributed by atoms with Gasteiger partial charge in [-0.1, -0.05) is 75.3 Å². The van der Waals surface area contributed by atoms with Gasteiger partial charge in [-0.25, -0.2) is 24.2 Å². The number of aromatic nitrogens is 2. The van der Waals surface area contributed by atoms with Crippen LogP contribution in [0.1, 0.15) is 115 Å². The average Bonchev–Trinajstić information content (AvgIpc) is 3.87. The number of urea groups is 1. The summed E-state index contributed by atoms with van der Waals surface area (Å²) < 4.78 is 17.8. The SMILES string of the molecule is CCc1c2c(nc3ccc(OC(=O)N(C)CCN(C)C(=O)OCc4ccc(NC(=O)[C@H](CCCNC(N)=O)NC(=O)[C@@H](NC(=O)CCSSC(C)(C)CC(=O)C(C)C)C(C)C)cc4)cc13)-c1cc3c(c(=O)n1C2)COC(=O)[C@]3(O)CC. The van der Waals surface area contributed by atoms with Crippen molar-refractivity contribution in [2.45, 2.75) is 136 Å². The van der Waals surface area contributed by atoms with Crippen molar-refractivity contribution >= 4 is 85.9 Å². The van der Waals surface area contributed by atoms with Gasteiger partial charge in [-0.15, -0.1) is 0 Å². The molecular formula is C57H75N9O13S2. The number of rotatable bonds is 26. The molecular weight excluding hydrogens is 1080 g/mol. The third-order valence-electron chi connectivity index (χ3n) is 14.1. The maximum Gasteiger partial charge on any atom is 0.415 e. The molecule has 0 saturated heterocycles. The summed E-state index contributed by atoms with van der Waals surface area (Å²) in [6.07, 6.45) is 0.227. The fourth-order valence-corrected chi connectivity index (χ4v) is 11.8. The average molecular weight is 1160 g/mol. The van der Waals surface area contributed by atoms with E-state index in [1.807, 2.05) is 34.6 Å². The molecule has 7 amide bonds. The Kier molecular flexibility index (Phi) is 21.4. The third kappa shape index (κ3) is 15.8. The first-order chi connectivity index (χ1) is 38.3. The normalized spacial score (nSPS) is 15.1. The molecule has 2 aromatic heterocycles. The number of aliphatic hydroxyl groups is 1. The molecule has 4 aromatic rings. The number of carbonyl (C=O) groups excluding carboxylic acids is 8. The van der Waals surface area contributed by atoms with Gasteiger partial charge < -0.3 is 60.7 Å². The first-order valence-corrected chi connectivity index (χ1v) is 29.4. The fraction of sp³-hybridized carbons (Fsp3) is 0.509. The molecule has 2 aliphatic rings. The highest BCUT2D eigenvalue weighted by Gasteiger charge is 2.45. The standard InChI is InChI=1S/C57H75N9O13S2/c1-11-37-38-26-36(19-20-42(38)61-48-39(37)29-66-44(48)27-41-40(51(66)71)31-77-52(72)57(41,76)12-2)79-55(75)65(10)24-23-64(9)54(74)78-30-34-15-17-35(18-16-34)60-49(69)43(14-13-22-59-53(58)73)62-50(70)47(33(5)6)63-46(68)21-25-80-81-56(7,8)28-45(67)32(3)4/h15-20,26-27,32-33,43,47,76H,11-14,21-25,28-31H2,1-10H3,(H,60,69)(H,62,70)(H,63,68)(H3,58,59,73)/t43-,47-,57-/m0/s1. The topological polar surface area (TPSA) is 300 Å². The van der Waals surface area contributed by atoms with E-state index in [9.17, 15) is 48.3 Å². The number of esters is 1. The minimum Gasteiger partial charge on any atom is -0.458 e. The number of primary amides is 1. The van der Waals surface area contributed by atoms with E-state index >= 15 is 0 Å². The Morgan fingerprint density at radius 1 is 0.926 bits per heavy atom. The van der Waals surface area contributed by atoms with E-state index in [2.05, 4.69) is 21.3 Å². The number of ketones is 1. The molecule has 7 N–H and O–H groups in total. The highest BCUT2D eigenvalue weighted by molar-refractivity contribution is 8.77. The molecule has 22 nitrogen and oxygen atoms in total. The molecule has 3 atom stereocenters. The van der Waals surface area contributed by atoms with Gasteiger partial charge in [0.15, 0.2) is 5.60 Å². The number of benzene rings is 2. The monoisotopic (exact) mass is 1160 g/mol. The molecule has 0 radical (unpaired) electrons. The van der Waals surface area contributed by atoms with Crippen molar-refractivity contribution in [3.8, 4) is 17.1 Å². The van der Waals surface area contributed by atoms with Crippen LogP contribution in [0.4, 0.5) is 20.1 Å². The highest BCUT2D eigenvalue weighted by atomic mass is 33.1. The zero-order valence-corrected chi connectivity index (χ0v) is 49.3. The number of fused-ring (bicyclic) bond motifs is 5. The van der Waals surface area contributed by atoms with E-state index < -0.39 is 53.7 Å². The van der Waals surface area contributed by atoms with Crippen molar-refractivity contribution in [3.63, 3.8) is 0 Å².